The fraction of sp³-hybridized carbons (Fsp3) is 0.111. The molecule has 8 heteroatoms. The van der Waals surface area contributed by atoms with E-state index >= 15 is 0 Å². The predicted molar refractivity (Wildman–Crippen MR) is 102 cm³/mol. The zero-order valence-electron chi connectivity index (χ0n) is 13.8. The Bertz CT molecular complexity index is 1180. The summed E-state index contributed by atoms with van der Waals surface area (Å²) in [5.74, 6) is -0.207. The molecule has 0 aliphatic heterocycles. The number of rotatable bonds is 4. The van der Waals surface area contributed by atoms with Gasteiger partial charge < -0.3 is 26.8 Å². The molecule has 26 heavy (non-hydrogen) atoms. The van der Waals surface area contributed by atoms with Crippen molar-refractivity contribution in [2.24, 2.45) is 5.73 Å². The van der Waals surface area contributed by atoms with Crippen LogP contribution in [0.15, 0.2) is 41.2 Å². The lowest BCUT2D eigenvalue weighted by molar-refractivity contribution is 0.640. The van der Waals surface area contributed by atoms with Gasteiger partial charge in [-0.25, -0.2) is 9.37 Å². The second-order valence-corrected chi connectivity index (χ2v) is 5.94. The van der Waals surface area contributed by atoms with E-state index in [0.717, 1.165) is 11.2 Å². The van der Waals surface area contributed by atoms with Crippen LogP contribution in [0.3, 0.4) is 0 Å². The van der Waals surface area contributed by atoms with Gasteiger partial charge in [-0.1, -0.05) is 6.07 Å². The Labute approximate surface area is 147 Å². The van der Waals surface area contributed by atoms with E-state index in [-0.39, 0.29) is 16.6 Å². The fourth-order valence-corrected chi connectivity index (χ4v) is 3.02. The van der Waals surface area contributed by atoms with Gasteiger partial charge in [-0.15, -0.1) is 0 Å². The van der Waals surface area contributed by atoms with E-state index in [0.29, 0.717) is 29.9 Å². The van der Waals surface area contributed by atoms with Gasteiger partial charge >= 0.3 is 0 Å². The second kappa shape index (κ2) is 6.16. The number of hydrogen-bond acceptors (Lipinski definition) is 5. The standard InChI is InChI=1S/C18H17FN6O/c19-10-2-1-3-12-14(10)16(21)15(18(26)25-12)17-23-11-5-4-9(22-7-6-20)8-13(11)24-17/h1-5,8,22H,6-7,20H2,(H,23,24)(H3,21,25,26). The number of nitrogens with zero attached hydrogens (tertiary/aromatic N) is 1. The number of hydrogen-bond donors (Lipinski definition) is 5. The number of pyridine rings is 1. The lowest BCUT2D eigenvalue weighted by Crippen LogP contribution is -2.13. The number of aromatic nitrogens is 3. The van der Waals surface area contributed by atoms with Gasteiger partial charge in [-0.2, -0.15) is 0 Å². The Hall–Kier alpha value is -3.39. The Balaban J connectivity index is 1.89. The summed E-state index contributed by atoms with van der Waals surface area (Å²) in [7, 11) is 0. The zero-order chi connectivity index (χ0) is 18.3. The van der Waals surface area contributed by atoms with Crippen LogP contribution in [0.4, 0.5) is 15.8 Å². The molecule has 7 nitrogen and oxygen atoms in total. The Morgan fingerprint density at radius 1 is 1.15 bits per heavy atom. The fourth-order valence-electron chi connectivity index (χ4n) is 3.02. The van der Waals surface area contributed by atoms with Crippen LogP contribution in [-0.2, 0) is 0 Å². The van der Waals surface area contributed by atoms with Gasteiger partial charge in [-0.05, 0) is 30.3 Å². The van der Waals surface area contributed by atoms with Crippen molar-refractivity contribution >= 4 is 33.3 Å². The Kier molecular flexibility index (Phi) is 3.81. The highest BCUT2D eigenvalue weighted by Gasteiger charge is 2.18. The van der Waals surface area contributed by atoms with Crippen molar-refractivity contribution in [2.75, 3.05) is 24.1 Å². The van der Waals surface area contributed by atoms with Gasteiger partial charge in [0.2, 0.25) is 0 Å². The van der Waals surface area contributed by atoms with Crippen LogP contribution in [-0.4, -0.2) is 28.0 Å². The number of halogens is 1. The van der Waals surface area contributed by atoms with Crippen molar-refractivity contribution in [3.8, 4) is 11.4 Å². The average molecular weight is 352 g/mol. The average Bonchev–Trinajstić information content (AvgIpc) is 3.02. The largest absolute Gasteiger partial charge is 0.397 e. The van der Waals surface area contributed by atoms with Crippen LogP contribution >= 0.6 is 0 Å². The highest BCUT2D eigenvalue weighted by Crippen LogP contribution is 2.30. The molecule has 0 atom stereocenters. The predicted octanol–water partition coefficient (Wildman–Crippen LogP) is 2.16. The van der Waals surface area contributed by atoms with E-state index < -0.39 is 11.4 Å². The van der Waals surface area contributed by atoms with Gasteiger partial charge in [0.25, 0.3) is 5.56 Å². The van der Waals surface area contributed by atoms with Crippen LogP contribution in [0.5, 0.6) is 0 Å². The molecule has 0 radical (unpaired) electrons. The van der Waals surface area contributed by atoms with Crippen LogP contribution < -0.4 is 22.3 Å². The molecule has 2 heterocycles. The minimum Gasteiger partial charge on any atom is -0.397 e. The van der Waals surface area contributed by atoms with Crippen LogP contribution in [0.25, 0.3) is 33.3 Å². The third-order valence-electron chi connectivity index (χ3n) is 4.22. The second-order valence-electron chi connectivity index (χ2n) is 5.94. The van der Waals surface area contributed by atoms with E-state index in [2.05, 4.69) is 20.3 Å². The van der Waals surface area contributed by atoms with E-state index in [1.807, 2.05) is 18.2 Å². The van der Waals surface area contributed by atoms with Gasteiger partial charge in [0.05, 0.1) is 27.6 Å². The first-order valence-corrected chi connectivity index (χ1v) is 8.12. The molecule has 7 N–H and O–H groups in total. The normalized spacial score (nSPS) is 11.3. The topological polar surface area (TPSA) is 126 Å². The SMILES string of the molecule is NCCNc1ccc2nc(-c3c(N)c4c(F)cccc4[nH]c3=O)[nH]c2c1. The molecule has 0 fully saturated rings. The zero-order valence-corrected chi connectivity index (χ0v) is 13.8. The van der Waals surface area contributed by atoms with Crippen molar-refractivity contribution in [2.45, 2.75) is 0 Å². The molecule has 2 aromatic carbocycles. The van der Waals surface area contributed by atoms with E-state index in [9.17, 15) is 9.18 Å². The third kappa shape index (κ3) is 2.56. The first-order chi connectivity index (χ1) is 12.6. The third-order valence-corrected chi connectivity index (χ3v) is 4.22. The summed E-state index contributed by atoms with van der Waals surface area (Å²) in [6.07, 6.45) is 0. The summed E-state index contributed by atoms with van der Waals surface area (Å²) in [5.41, 5.74) is 14.0. The number of benzene rings is 2. The number of H-pyrrole nitrogens is 2. The number of anilines is 2. The van der Waals surface area contributed by atoms with Gasteiger partial charge in [0, 0.05) is 18.8 Å². The maximum Gasteiger partial charge on any atom is 0.261 e. The van der Waals surface area contributed by atoms with Crippen LogP contribution in [0, 0.1) is 5.82 Å². The maximum atomic E-state index is 14.2. The minimum absolute atomic E-state index is 0.0578. The van der Waals surface area contributed by atoms with E-state index in [1.54, 1.807) is 6.07 Å². The molecule has 0 saturated carbocycles. The molecule has 0 saturated heterocycles. The van der Waals surface area contributed by atoms with Crippen LogP contribution in [0.2, 0.25) is 0 Å². The van der Waals surface area contributed by atoms with E-state index in [1.165, 1.54) is 12.1 Å². The monoisotopic (exact) mass is 352 g/mol. The Morgan fingerprint density at radius 3 is 2.81 bits per heavy atom. The lowest BCUT2D eigenvalue weighted by Gasteiger charge is -2.07. The number of nitrogen functional groups attached to an aromatic ring is 1. The summed E-state index contributed by atoms with van der Waals surface area (Å²) >= 11 is 0. The van der Waals surface area contributed by atoms with Gasteiger partial charge in [0.15, 0.2) is 0 Å². The summed E-state index contributed by atoms with van der Waals surface area (Å²) in [6.45, 7) is 1.16. The number of imidazole rings is 1. The molecule has 132 valence electrons. The molecule has 0 unspecified atom stereocenters. The molecule has 4 aromatic rings. The summed E-state index contributed by atoms with van der Waals surface area (Å²) in [5, 5.41) is 3.35. The number of nitrogens with one attached hydrogen (secondary N) is 3. The number of aromatic amines is 2. The molecule has 0 amide bonds. The molecule has 0 aliphatic rings. The van der Waals surface area contributed by atoms with Crippen molar-refractivity contribution in [3.63, 3.8) is 0 Å². The lowest BCUT2D eigenvalue weighted by atomic mass is 10.1. The minimum atomic E-state index is -0.498. The van der Waals surface area contributed by atoms with Gasteiger partial charge in [0.1, 0.15) is 17.2 Å². The van der Waals surface area contributed by atoms with Crippen molar-refractivity contribution in [1.29, 1.82) is 0 Å². The summed E-state index contributed by atoms with van der Waals surface area (Å²) < 4.78 is 14.2. The molecule has 0 aliphatic carbocycles. The first kappa shape index (κ1) is 16.1. The highest BCUT2D eigenvalue weighted by molar-refractivity contribution is 5.98. The summed E-state index contributed by atoms with van der Waals surface area (Å²) in [4.78, 5) is 22.7. The first-order valence-electron chi connectivity index (χ1n) is 8.12. The van der Waals surface area contributed by atoms with Crippen molar-refractivity contribution in [3.05, 3.63) is 52.6 Å². The number of fused-ring (bicyclic) bond motifs is 2. The van der Waals surface area contributed by atoms with Gasteiger partial charge in [-0.3, -0.25) is 4.79 Å². The molecule has 2 aromatic heterocycles. The molecule has 0 bridgehead atoms. The van der Waals surface area contributed by atoms with Crippen LogP contribution in [0.1, 0.15) is 0 Å². The van der Waals surface area contributed by atoms with Crippen molar-refractivity contribution in [1.82, 2.24) is 15.0 Å². The molecule has 4 rings (SSSR count). The van der Waals surface area contributed by atoms with Crippen molar-refractivity contribution < 1.29 is 4.39 Å². The highest BCUT2D eigenvalue weighted by atomic mass is 19.1. The Morgan fingerprint density at radius 2 is 2.00 bits per heavy atom. The molecule has 0 spiro atoms. The summed E-state index contributed by atoms with van der Waals surface area (Å²) in [6, 6.07) is 9.98. The number of nitrogens with two attached hydrogens (primary N) is 2. The molecular weight excluding hydrogens is 335 g/mol. The molecular formula is C18H17FN6O. The quantitative estimate of drug-likeness (QED) is 0.385. The maximum absolute atomic E-state index is 14.2. The smallest absolute Gasteiger partial charge is 0.261 e. The van der Waals surface area contributed by atoms with E-state index in [4.69, 9.17) is 11.5 Å².